The summed E-state index contributed by atoms with van der Waals surface area (Å²) < 4.78 is 0. The highest BCUT2D eigenvalue weighted by Gasteiger charge is 2.13. The van der Waals surface area contributed by atoms with Crippen LogP contribution in [0.1, 0.15) is 26.7 Å². The van der Waals surface area contributed by atoms with E-state index in [1.807, 2.05) is 0 Å². The number of carbonyl (C=O) groups excluding carboxylic acids is 2. The van der Waals surface area contributed by atoms with E-state index >= 15 is 0 Å². The summed E-state index contributed by atoms with van der Waals surface area (Å²) in [5, 5.41) is 0. The molecule has 0 bridgehead atoms. The maximum atomic E-state index is 8.12. The van der Waals surface area contributed by atoms with E-state index in [9.17, 15) is 0 Å². The molecule has 0 aliphatic carbocycles. The number of nitrogens with zero attached hydrogens (tertiary/aromatic N) is 1. The van der Waals surface area contributed by atoms with Crippen molar-refractivity contribution in [3.05, 3.63) is 0 Å². The van der Waals surface area contributed by atoms with E-state index < -0.39 is 0 Å². The molecule has 0 atom stereocenters. The Hall–Kier alpha value is -0.660. The highest BCUT2D eigenvalue weighted by atomic mass is 16.2. The molecule has 3 heteroatoms. The van der Waals surface area contributed by atoms with Crippen LogP contribution in [-0.2, 0) is 9.59 Å². The van der Waals surface area contributed by atoms with Crippen LogP contribution in [0.4, 0.5) is 0 Å². The van der Waals surface area contributed by atoms with E-state index in [4.69, 9.17) is 9.59 Å². The molecule has 11 heavy (non-hydrogen) atoms. The molecule has 64 valence electrons. The van der Waals surface area contributed by atoms with Crippen LogP contribution in [0.15, 0.2) is 0 Å². The van der Waals surface area contributed by atoms with E-state index in [1.54, 1.807) is 0 Å². The predicted molar refractivity (Wildman–Crippen MR) is 41.0 cm³/mol. The van der Waals surface area contributed by atoms with Crippen LogP contribution in [0.2, 0.25) is 0 Å². The number of hydrogen-bond acceptors (Lipinski definition) is 3. The average molecular weight is 157 g/mol. The van der Waals surface area contributed by atoms with E-state index in [-0.39, 0.29) is 6.15 Å². The van der Waals surface area contributed by atoms with E-state index in [0.717, 1.165) is 6.04 Å². The molecule has 1 saturated heterocycles. The summed E-state index contributed by atoms with van der Waals surface area (Å²) in [6.45, 7) is 7.20. The van der Waals surface area contributed by atoms with Gasteiger partial charge in [0.1, 0.15) is 0 Å². The lowest BCUT2D eigenvalue weighted by molar-refractivity contribution is -0.191. The van der Waals surface area contributed by atoms with Crippen LogP contribution in [0.3, 0.4) is 0 Å². The molecular weight excluding hydrogens is 142 g/mol. The Morgan fingerprint density at radius 2 is 1.55 bits per heavy atom. The molecule has 0 aromatic rings. The van der Waals surface area contributed by atoms with Gasteiger partial charge in [-0.25, -0.2) is 0 Å². The van der Waals surface area contributed by atoms with E-state index in [0.29, 0.717) is 0 Å². The van der Waals surface area contributed by atoms with Gasteiger partial charge in [0.15, 0.2) is 0 Å². The van der Waals surface area contributed by atoms with Gasteiger partial charge in [-0.2, -0.15) is 9.59 Å². The van der Waals surface area contributed by atoms with Crippen molar-refractivity contribution in [1.29, 1.82) is 0 Å². The second-order valence-corrected chi connectivity index (χ2v) is 2.92. The van der Waals surface area contributed by atoms with Gasteiger partial charge >= 0.3 is 6.15 Å². The molecule has 1 fully saturated rings. The first-order valence-corrected chi connectivity index (χ1v) is 3.95. The third-order valence-electron chi connectivity index (χ3n) is 1.87. The summed E-state index contributed by atoms with van der Waals surface area (Å²) >= 11 is 0. The van der Waals surface area contributed by atoms with Crippen molar-refractivity contribution in [3.8, 4) is 0 Å². The van der Waals surface area contributed by atoms with Crippen molar-refractivity contribution >= 4 is 6.15 Å². The minimum atomic E-state index is 0.250. The van der Waals surface area contributed by atoms with Crippen molar-refractivity contribution < 1.29 is 9.59 Å². The fourth-order valence-corrected chi connectivity index (χ4v) is 1.26. The monoisotopic (exact) mass is 157 g/mol. The number of rotatable bonds is 1. The lowest BCUT2D eigenvalue weighted by atomic mass is 10.3. The molecule has 0 radical (unpaired) electrons. The lowest BCUT2D eigenvalue weighted by Crippen LogP contribution is -2.26. The first-order valence-electron chi connectivity index (χ1n) is 3.95. The molecule has 0 amide bonds. The summed E-state index contributed by atoms with van der Waals surface area (Å²) in [6, 6.07) is 0.775. The molecule has 0 aromatic heterocycles. The van der Waals surface area contributed by atoms with Crippen molar-refractivity contribution in [3.63, 3.8) is 0 Å². The second-order valence-electron chi connectivity index (χ2n) is 2.92. The van der Waals surface area contributed by atoms with Gasteiger partial charge in [-0.15, -0.1) is 0 Å². The summed E-state index contributed by atoms with van der Waals surface area (Å²) in [5.41, 5.74) is 0. The van der Waals surface area contributed by atoms with E-state index in [1.165, 1.54) is 25.9 Å². The van der Waals surface area contributed by atoms with Gasteiger partial charge in [0, 0.05) is 6.04 Å². The molecule has 0 saturated carbocycles. The maximum Gasteiger partial charge on any atom is 0.373 e. The molecule has 1 heterocycles. The van der Waals surface area contributed by atoms with Gasteiger partial charge in [0.2, 0.25) is 0 Å². The van der Waals surface area contributed by atoms with Gasteiger partial charge in [-0.1, -0.05) is 0 Å². The third kappa shape index (κ3) is 4.71. The van der Waals surface area contributed by atoms with Crippen molar-refractivity contribution in [2.45, 2.75) is 32.7 Å². The highest BCUT2D eigenvalue weighted by Crippen LogP contribution is 2.09. The summed E-state index contributed by atoms with van der Waals surface area (Å²) in [7, 11) is 0. The summed E-state index contributed by atoms with van der Waals surface area (Å²) in [6.07, 6.45) is 3.08. The molecule has 0 N–H and O–H groups in total. The normalized spacial score (nSPS) is 17.4. The molecule has 3 nitrogen and oxygen atoms in total. The number of likely N-dealkylation sites (tertiary alicyclic amines) is 1. The van der Waals surface area contributed by atoms with Gasteiger partial charge in [-0.3, -0.25) is 0 Å². The minimum absolute atomic E-state index is 0.250. The van der Waals surface area contributed by atoms with Gasteiger partial charge in [-0.05, 0) is 39.8 Å². The van der Waals surface area contributed by atoms with Crippen LogP contribution in [0, 0.1) is 0 Å². The largest absolute Gasteiger partial charge is 0.373 e. The zero-order valence-electron chi connectivity index (χ0n) is 7.17. The van der Waals surface area contributed by atoms with Gasteiger partial charge in [0.25, 0.3) is 0 Å². The van der Waals surface area contributed by atoms with E-state index in [2.05, 4.69) is 18.7 Å². The third-order valence-corrected chi connectivity index (χ3v) is 1.87. The number of hydrogen-bond donors (Lipinski definition) is 0. The smallest absolute Gasteiger partial charge is 0.301 e. The Bertz CT molecular complexity index is 122. The SMILES string of the molecule is CC(C)N1CCCC1.O=C=O. The zero-order valence-corrected chi connectivity index (χ0v) is 7.17. The lowest BCUT2D eigenvalue weighted by Gasteiger charge is -2.18. The zero-order chi connectivity index (χ0) is 8.69. The quantitative estimate of drug-likeness (QED) is 0.567. The minimum Gasteiger partial charge on any atom is -0.301 e. The summed E-state index contributed by atoms with van der Waals surface area (Å²) in [5.74, 6) is 0. The predicted octanol–water partition coefficient (Wildman–Crippen LogP) is 0.907. The standard InChI is InChI=1S/C7H15N.CO2/c1-7(2)8-5-3-4-6-8;2-1-3/h7H,3-6H2,1-2H3;. The van der Waals surface area contributed by atoms with Gasteiger partial charge < -0.3 is 4.90 Å². The van der Waals surface area contributed by atoms with Gasteiger partial charge in [0.05, 0.1) is 0 Å². The molecule has 0 unspecified atom stereocenters. The molecule has 0 aromatic carbocycles. The first kappa shape index (κ1) is 10.3. The topological polar surface area (TPSA) is 37.4 Å². The average Bonchev–Trinajstić information content (AvgIpc) is 2.38. The molecule has 1 aliphatic rings. The Morgan fingerprint density at radius 1 is 1.18 bits per heavy atom. The Morgan fingerprint density at radius 3 is 1.73 bits per heavy atom. The maximum absolute atomic E-state index is 8.12. The van der Waals surface area contributed by atoms with Crippen LogP contribution in [0.25, 0.3) is 0 Å². The highest BCUT2D eigenvalue weighted by molar-refractivity contribution is 5.20. The van der Waals surface area contributed by atoms with Crippen LogP contribution >= 0.6 is 0 Å². The van der Waals surface area contributed by atoms with Crippen molar-refractivity contribution in [2.24, 2.45) is 0 Å². The fraction of sp³-hybridized carbons (Fsp3) is 0.875. The Kier molecular flexibility index (Phi) is 5.71. The molecular formula is C8H15NO2. The van der Waals surface area contributed by atoms with Crippen molar-refractivity contribution in [1.82, 2.24) is 4.90 Å². The van der Waals surface area contributed by atoms with Crippen LogP contribution < -0.4 is 0 Å². The first-order chi connectivity index (χ1) is 5.22. The van der Waals surface area contributed by atoms with Crippen LogP contribution in [0.5, 0.6) is 0 Å². The summed E-state index contributed by atoms with van der Waals surface area (Å²) in [4.78, 5) is 18.8. The van der Waals surface area contributed by atoms with Crippen molar-refractivity contribution in [2.75, 3.05) is 13.1 Å². The molecule has 1 aliphatic heterocycles. The fourth-order valence-electron chi connectivity index (χ4n) is 1.26. The Balaban J connectivity index is 0.000000292. The Labute approximate surface area is 67.4 Å². The van der Waals surface area contributed by atoms with Crippen LogP contribution in [-0.4, -0.2) is 30.2 Å². The molecule has 1 rings (SSSR count). The molecule has 0 spiro atoms. The second kappa shape index (κ2) is 6.08.